The number of carbonyl (C=O) groups excluding carboxylic acids is 1. The van der Waals surface area contributed by atoms with Crippen molar-refractivity contribution in [2.45, 2.75) is 38.5 Å². The SMILES string of the molecule is C[C@@H]1CN(c2nc3ccccc3nc2[C@H](C#N)C(=O)NCc2ccccc2)C[C@H](C)O1. The molecule has 3 aromatic rings. The van der Waals surface area contributed by atoms with Crippen molar-refractivity contribution < 1.29 is 9.53 Å². The van der Waals surface area contributed by atoms with Gasteiger partial charge in [-0.2, -0.15) is 5.26 Å². The predicted octanol–water partition coefficient (Wildman–Crippen LogP) is 3.17. The van der Waals surface area contributed by atoms with Crippen molar-refractivity contribution in [3.05, 3.63) is 65.9 Å². The second kappa shape index (κ2) is 9.11. The Morgan fingerprint density at radius 2 is 1.71 bits per heavy atom. The van der Waals surface area contributed by atoms with Gasteiger partial charge < -0.3 is 15.0 Å². The number of morpholine rings is 1. The Kier molecular flexibility index (Phi) is 6.10. The molecule has 7 heteroatoms. The average Bonchev–Trinajstić information content (AvgIpc) is 2.78. The van der Waals surface area contributed by atoms with Crippen LogP contribution in [0.25, 0.3) is 11.0 Å². The molecule has 1 aliphatic heterocycles. The Balaban J connectivity index is 1.69. The molecule has 3 atom stereocenters. The number of aromatic nitrogens is 2. The molecule has 2 heterocycles. The highest BCUT2D eigenvalue weighted by Crippen LogP contribution is 2.29. The molecule has 31 heavy (non-hydrogen) atoms. The average molecular weight is 415 g/mol. The molecule has 0 unspecified atom stereocenters. The van der Waals surface area contributed by atoms with Crippen LogP contribution >= 0.6 is 0 Å². The van der Waals surface area contributed by atoms with E-state index >= 15 is 0 Å². The molecular weight excluding hydrogens is 390 g/mol. The second-order valence-electron chi connectivity index (χ2n) is 7.85. The molecule has 0 bridgehead atoms. The van der Waals surface area contributed by atoms with Crippen molar-refractivity contribution in [2.24, 2.45) is 0 Å². The Hall–Kier alpha value is -3.50. The van der Waals surface area contributed by atoms with Gasteiger partial charge in [0, 0.05) is 19.6 Å². The summed E-state index contributed by atoms with van der Waals surface area (Å²) < 4.78 is 5.85. The smallest absolute Gasteiger partial charge is 0.243 e. The fraction of sp³-hybridized carbons (Fsp3) is 0.333. The molecule has 1 N–H and O–H groups in total. The molecule has 0 spiro atoms. The molecule has 1 saturated heterocycles. The van der Waals surface area contributed by atoms with Gasteiger partial charge in [0.25, 0.3) is 0 Å². The number of hydrogen-bond acceptors (Lipinski definition) is 6. The van der Waals surface area contributed by atoms with E-state index in [-0.39, 0.29) is 18.1 Å². The summed E-state index contributed by atoms with van der Waals surface area (Å²) in [4.78, 5) is 24.6. The first-order valence-corrected chi connectivity index (χ1v) is 10.4. The third-order valence-electron chi connectivity index (χ3n) is 5.27. The van der Waals surface area contributed by atoms with E-state index in [1.165, 1.54) is 0 Å². The first-order chi connectivity index (χ1) is 15.0. The first-order valence-electron chi connectivity index (χ1n) is 10.4. The quantitative estimate of drug-likeness (QED) is 0.688. The summed E-state index contributed by atoms with van der Waals surface area (Å²) in [6.07, 6.45) is 0.0228. The lowest BCUT2D eigenvalue weighted by Gasteiger charge is -2.37. The number of nitrogens with one attached hydrogen (secondary N) is 1. The van der Waals surface area contributed by atoms with Gasteiger partial charge in [0.2, 0.25) is 5.91 Å². The van der Waals surface area contributed by atoms with Crippen molar-refractivity contribution >= 4 is 22.8 Å². The van der Waals surface area contributed by atoms with Crippen molar-refractivity contribution in [1.82, 2.24) is 15.3 Å². The van der Waals surface area contributed by atoms with E-state index in [9.17, 15) is 10.1 Å². The first kappa shape index (κ1) is 20.8. The van der Waals surface area contributed by atoms with Crippen LogP contribution in [0.4, 0.5) is 5.82 Å². The number of carbonyl (C=O) groups is 1. The van der Waals surface area contributed by atoms with Crippen molar-refractivity contribution in [3.63, 3.8) is 0 Å². The molecular formula is C24H25N5O2. The van der Waals surface area contributed by atoms with E-state index in [0.717, 1.165) is 11.1 Å². The van der Waals surface area contributed by atoms with Crippen molar-refractivity contribution in [2.75, 3.05) is 18.0 Å². The van der Waals surface area contributed by atoms with Gasteiger partial charge in [-0.3, -0.25) is 4.79 Å². The Labute approximate surface area is 181 Å². The van der Waals surface area contributed by atoms with Crippen molar-refractivity contribution in [3.8, 4) is 6.07 Å². The van der Waals surface area contributed by atoms with Crippen LogP contribution in [0.3, 0.4) is 0 Å². The molecule has 2 aromatic carbocycles. The summed E-state index contributed by atoms with van der Waals surface area (Å²) in [5, 5.41) is 12.8. The van der Waals surface area contributed by atoms with Crippen LogP contribution in [0.2, 0.25) is 0 Å². The van der Waals surface area contributed by atoms with E-state index in [1.807, 2.05) is 68.4 Å². The van der Waals surface area contributed by atoms with Gasteiger partial charge in [-0.05, 0) is 31.5 Å². The van der Waals surface area contributed by atoms with Gasteiger partial charge in [0.15, 0.2) is 11.7 Å². The van der Waals surface area contributed by atoms with E-state index in [2.05, 4.69) is 16.3 Å². The molecule has 0 saturated carbocycles. The summed E-state index contributed by atoms with van der Waals surface area (Å²) in [5.41, 5.74) is 2.74. The van der Waals surface area contributed by atoms with E-state index in [1.54, 1.807) is 0 Å². The van der Waals surface area contributed by atoms with Gasteiger partial charge in [-0.15, -0.1) is 0 Å². The maximum Gasteiger partial charge on any atom is 0.243 e. The number of anilines is 1. The zero-order valence-electron chi connectivity index (χ0n) is 17.7. The van der Waals surface area contributed by atoms with Gasteiger partial charge >= 0.3 is 0 Å². The summed E-state index contributed by atoms with van der Waals surface area (Å²) in [7, 11) is 0. The molecule has 1 aliphatic rings. The molecule has 1 amide bonds. The summed E-state index contributed by atoms with van der Waals surface area (Å²) in [6.45, 7) is 5.60. The monoisotopic (exact) mass is 415 g/mol. The third-order valence-corrected chi connectivity index (χ3v) is 5.27. The number of para-hydroxylation sites is 2. The summed E-state index contributed by atoms with van der Waals surface area (Å²) in [5.74, 6) is -0.877. The van der Waals surface area contributed by atoms with Gasteiger partial charge in [0.05, 0.1) is 29.3 Å². The van der Waals surface area contributed by atoms with Crippen LogP contribution in [0, 0.1) is 11.3 Å². The lowest BCUT2D eigenvalue weighted by Crippen LogP contribution is -2.46. The minimum absolute atomic E-state index is 0.0114. The van der Waals surface area contributed by atoms with Gasteiger partial charge in [-0.25, -0.2) is 9.97 Å². The number of nitriles is 1. The number of hydrogen-bond donors (Lipinski definition) is 1. The minimum Gasteiger partial charge on any atom is -0.372 e. The second-order valence-corrected chi connectivity index (χ2v) is 7.85. The molecule has 1 fully saturated rings. The zero-order chi connectivity index (χ0) is 21.8. The standard InChI is InChI=1S/C24H25N5O2/c1-16-14-29(15-17(2)31-16)23-22(27-20-10-6-7-11-21(20)28-23)19(12-25)24(30)26-13-18-8-4-3-5-9-18/h3-11,16-17,19H,13-15H2,1-2H3,(H,26,30)/t16-,17+,19-/m0/s1. The number of nitrogens with zero attached hydrogens (tertiary/aromatic N) is 4. The number of ether oxygens (including phenoxy) is 1. The normalized spacial score (nSPS) is 19.6. The zero-order valence-corrected chi connectivity index (χ0v) is 17.7. The topological polar surface area (TPSA) is 91.1 Å². The van der Waals surface area contributed by atoms with Crippen LogP contribution in [0.5, 0.6) is 0 Å². The lowest BCUT2D eigenvalue weighted by molar-refractivity contribution is -0.121. The minimum atomic E-state index is -1.07. The van der Waals surface area contributed by atoms with Crippen LogP contribution in [-0.4, -0.2) is 41.2 Å². The van der Waals surface area contributed by atoms with E-state index < -0.39 is 5.92 Å². The van der Waals surface area contributed by atoms with Crippen LogP contribution in [-0.2, 0) is 16.1 Å². The third kappa shape index (κ3) is 4.65. The van der Waals surface area contributed by atoms with Gasteiger partial charge in [0.1, 0.15) is 5.69 Å². The summed E-state index contributed by atoms with van der Waals surface area (Å²) in [6, 6.07) is 19.3. The molecule has 0 radical (unpaired) electrons. The number of amides is 1. The fourth-order valence-electron chi connectivity index (χ4n) is 3.91. The molecule has 0 aliphatic carbocycles. The highest BCUT2D eigenvalue weighted by atomic mass is 16.5. The molecule has 7 nitrogen and oxygen atoms in total. The maximum absolute atomic E-state index is 13.0. The van der Waals surface area contributed by atoms with Crippen LogP contribution in [0.1, 0.15) is 31.0 Å². The highest BCUT2D eigenvalue weighted by Gasteiger charge is 2.31. The highest BCUT2D eigenvalue weighted by molar-refractivity contribution is 5.88. The number of fused-ring (bicyclic) bond motifs is 1. The maximum atomic E-state index is 13.0. The molecule has 4 rings (SSSR count). The summed E-state index contributed by atoms with van der Waals surface area (Å²) >= 11 is 0. The Morgan fingerprint density at radius 1 is 1.10 bits per heavy atom. The molecule has 1 aromatic heterocycles. The fourth-order valence-corrected chi connectivity index (χ4v) is 3.91. The van der Waals surface area contributed by atoms with Crippen LogP contribution in [0.15, 0.2) is 54.6 Å². The van der Waals surface area contributed by atoms with Gasteiger partial charge in [-0.1, -0.05) is 42.5 Å². The van der Waals surface area contributed by atoms with Crippen molar-refractivity contribution in [1.29, 1.82) is 5.26 Å². The van der Waals surface area contributed by atoms with E-state index in [4.69, 9.17) is 14.7 Å². The Bertz CT molecular complexity index is 1100. The lowest BCUT2D eigenvalue weighted by atomic mass is 10.0. The number of rotatable bonds is 5. The number of benzene rings is 2. The largest absolute Gasteiger partial charge is 0.372 e. The Morgan fingerprint density at radius 3 is 2.35 bits per heavy atom. The predicted molar refractivity (Wildman–Crippen MR) is 118 cm³/mol. The molecule has 158 valence electrons. The van der Waals surface area contributed by atoms with E-state index in [0.29, 0.717) is 36.7 Å². The van der Waals surface area contributed by atoms with Crippen LogP contribution < -0.4 is 10.2 Å².